The van der Waals surface area contributed by atoms with E-state index in [1.807, 2.05) is 11.5 Å². The summed E-state index contributed by atoms with van der Waals surface area (Å²) in [5, 5.41) is 8.01. The SMILES string of the molecule is CCCn1c(CCl)nnc1-c1ccccc1F. The molecular formula is C12H13ClFN3. The number of nitrogens with zero attached hydrogens (tertiary/aromatic N) is 3. The van der Waals surface area contributed by atoms with Gasteiger partial charge in [-0.15, -0.1) is 21.8 Å². The van der Waals surface area contributed by atoms with Crippen LogP contribution in [0.2, 0.25) is 0 Å². The fourth-order valence-electron chi connectivity index (χ4n) is 1.73. The Morgan fingerprint density at radius 1 is 1.29 bits per heavy atom. The van der Waals surface area contributed by atoms with Crippen molar-refractivity contribution in [1.29, 1.82) is 0 Å². The molecule has 5 heteroatoms. The van der Waals surface area contributed by atoms with Gasteiger partial charge < -0.3 is 4.57 Å². The van der Waals surface area contributed by atoms with Crippen molar-refractivity contribution in [3.05, 3.63) is 35.9 Å². The largest absolute Gasteiger partial charge is 0.310 e. The summed E-state index contributed by atoms with van der Waals surface area (Å²) in [5.41, 5.74) is 0.463. The molecule has 0 saturated heterocycles. The van der Waals surface area contributed by atoms with Crippen molar-refractivity contribution < 1.29 is 4.39 Å². The number of hydrogen-bond donors (Lipinski definition) is 0. The molecule has 0 aliphatic carbocycles. The second kappa shape index (κ2) is 5.27. The van der Waals surface area contributed by atoms with Gasteiger partial charge in [-0.1, -0.05) is 19.1 Å². The van der Waals surface area contributed by atoms with E-state index in [0.717, 1.165) is 13.0 Å². The maximum Gasteiger partial charge on any atom is 0.166 e. The number of halogens is 2. The number of rotatable bonds is 4. The van der Waals surface area contributed by atoms with Crippen LogP contribution in [-0.4, -0.2) is 14.8 Å². The molecule has 2 aromatic rings. The minimum atomic E-state index is -0.293. The van der Waals surface area contributed by atoms with E-state index in [0.29, 0.717) is 17.2 Å². The Labute approximate surface area is 104 Å². The molecular weight excluding hydrogens is 241 g/mol. The average molecular weight is 254 g/mol. The lowest BCUT2D eigenvalue weighted by molar-refractivity contribution is 0.621. The van der Waals surface area contributed by atoms with Gasteiger partial charge in [0.25, 0.3) is 0 Å². The fraction of sp³-hybridized carbons (Fsp3) is 0.333. The predicted octanol–water partition coefficient (Wildman–Crippen LogP) is 3.23. The normalized spacial score (nSPS) is 10.8. The van der Waals surface area contributed by atoms with Crippen molar-refractivity contribution in [2.24, 2.45) is 0 Å². The van der Waals surface area contributed by atoms with Gasteiger partial charge in [-0.2, -0.15) is 0 Å². The molecule has 1 aromatic heterocycles. The highest BCUT2D eigenvalue weighted by atomic mass is 35.5. The standard InChI is InChI=1S/C12H13ClFN3/c1-2-7-17-11(8-13)15-16-12(17)9-5-3-4-6-10(9)14/h3-6H,2,7-8H2,1H3. The summed E-state index contributed by atoms with van der Waals surface area (Å²) in [6.07, 6.45) is 0.920. The van der Waals surface area contributed by atoms with Gasteiger partial charge in [0.1, 0.15) is 11.6 Å². The summed E-state index contributed by atoms with van der Waals surface area (Å²) >= 11 is 5.79. The van der Waals surface area contributed by atoms with Crippen LogP contribution >= 0.6 is 11.6 Å². The van der Waals surface area contributed by atoms with Crippen molar-refractivity contribution in [2.45, 2.75) is 25.8 Å². The molecule has 0 bridgehead atoms. The highest BCUT2D eigenvalue weighted by Gasteiger charge is 2.15. The number of alkyl halides is 1. The first-order valence-electron chi connectivity index (χ1n) is 5.50. The predicted molar refractivity (Wildman–Crippen MR) is 65.3 cm³/mol. The van der Waals surface area contributed by atoms with Crippen LogP contribution in [0.4, 0.5) is 4.39 Å². The van der Waals surface area contributed by atoms with Gasteiger partial charge in [0, 0.05) is 6.54 Å². The van der Waals surface area contributed by atoms with E-state index in [-0.39, 0.29) is 11.7 Å². The van der Waals surface area contributed by atoms with E-state index in [4.69, 9.17) is 11.6 Å². The maximum atomic E-state index is 13.7. The van der Waals surface area contributed by atoms with E-state index >= 15 is 0 Å². The molecule has 2 rings (SSSR count). The average Bonchev–Trinajstić information content (AvgIpc) is 2.73. The van der Waals surface area contributed by atoms with Crippen molar-refractivity contribution in [1.82, 2.24) is 14.8 Å². The van der Waals surface area contributed by atoms with Crippen LogP contribution in [0, 0.1) is 5.82 Å². The van der Waals surface area contributed by atoms with Crippen LogP contribution in [0.15, 0.2) is 24.3 Å². The Hall–Kier alpha value is -1.42. The molecule has 0 unspecified atom stereocenters. The van der Waals surface area contributed by atoms with Gasteiger partial charge in [-0.3, -0.25) is 0 Å². The molecule has 0 aliphatic rings. The van der Waals surface area contributed by atoms with Crippen molar-refractivity contribution in [2.75, 3.05) is 0 Å². The summed E-state index contributed by atoms with van der Waals surface area (Å²) in [6.45, 7) is 2.78. The van der Waals surface area contributed by atoms with Crippen molar-refractivity contribution in [3.63, 3.8) is 0 Å². The van der Waals surface area contributed by atoms with E-state index in [1.54, 1.807) is 18.2 Å². The molecule has 0 atom stereocenters. The zero-order valence-corrected chi connectivity index (χ0v) is 10.3. The van der Waals surface area contributed by atoms with Gasteiger partial charge in [-0.25, -0.2) is 4.39 Å². The lowest BCUT2D eigenvalue weighted by Gasteiger charge is -2.08. The Bertz CT molecular complexity index is 510. The third-order valence-electron chi connectivity index (χ3n) is 2.51. The summed E-state index contributed by atoms with van der Waals surface area (Å²) in [7, 11) is 0. The first kappa shape index (κ1) is 12.0. The Morgan fingerprint density at radius 3 is 2.71 bits per heavy atom. The third-order valence-corrected chi connectivity index (χ3v) is 2.75. The molecule has 1 aromatic carbocycles. The quantitative estimate of drug-likeness (QED) is 0.784. The van der Waals surface area contributed by atoms with E-state index in [9.17, 15) is 4.39 Å². The molecule has 0 N–H and O–H groups in total. The highest BCUT2D eigenvalue weighted by molar-refractivity contribution is 6.16. The summed E-state index contributed by atoms with van der Waals surface area (Å²) < 4.78 is 15.6. The van der Waals surface area contributed by atoms with Crippen LogP contribution in [0.5, 0.6) is 0 Å². The third kappa shape index (κ3) is 2.31. The van der Waals surface area contributed by atoms with Crippen molar-refractivity contribution >= 4 is 11.6 Å². The Balaban J connectivity index is 2.52. The molecule has 0 spiro atoms. The molecule has 0 radical (unpaired) electrons. The first-order chi connectivity index (χ1) is 8.27. The second-order valence-corrected chi connectivity index (χ2v) is 3.97. The summed E-state index contributed by atoms with van der Waals surface area (Å²) in [6, 6.07) is 6.55. The van der Waals surface area contributed by atoms with Crippen LogP contribution in [-0.2, 0) is 12.4 Å². The zero-order chi connectivity index (χ0) is 12.3. The first-order valence-corrected chi connectivity index (χ1v) is 6.04. The fourth-order valence-corrected chi connectivity index (χ4v) is 1.93. The van der Waals surface area contributed by atoms with E-state index in [1.165, 1.54) is 6.07 Å². The summed E-state index contributed by atoms with van der Waals surface area (Å²) in [4.78, 5) is 0. The maximum absolute atomic E-state index is 13.7. The van der Waals surface area contributed by atoms with Gasteiger partial charge >= 0.3 is 0 Å². The lowest BCUT2D eigenvalue weighted by Crippen LogP contribution is -2.04. The van der Waals surface area contributed by atoms with Gasteiger partial charge in [0.05, 0.1) is 11.4 Å². The molecule has 3 nitrogen and oxygen atoms in total. The minimum absolute atomic E-state index is 0.279. The Kier molecular flexibility index (Phi) is 3.74. The number of benzene rings is 1. The van der Waals surface area contributed by atoms with Gasteiger partial charge in [-0.05, 0) is 18.6 Å². The van der Waals surface area contributed by atoms with E-state index < -0.39 is 0 Å². The van der Waals surface area contributed by atoms with Crippen LogP contribution in [0.25, 0.3) is 11.4 Å². The molecule has 90 valence electrons. The van der Waals surface area contributed by atoms with Gasteiger partial charge in [0.2, 0.25) is 0 Å². The molecule has 1 heterocycles. The highest BCUT2D eigenvalue weighted by Crippen LogP contribution is 2.22. The molecule has 17 heavy (non-hydrogen) atoms. The van der Waals surface area contributed by atoms with Crippen LogP contribution < -0.4 is 0 Å². The van der Waals surface area contributed by atoms with Gasteiger partial charge in [0.15, 0.2) is 5.82 Å². The molecule has 0 fully saturated rings. The van der Waals surface area contributed by atoms with Crippen molar-refractivity contribution in [3.8, 4) is 11.4 Å². The van der Waals surface area contributed by atoms with Crippen LogP contribution in [0.3, 0.4) is 0 Å². The zero-order valence-electron chi connectivity index (χ0n) is 9.53. The molecule has 0 saturated carbocycles. The minimum Gasteiger partial charge on any atom is -0.310 e. The molecule has 0 amide bonds. The molecule has 0 aliphatic heterocycles. The van der Waals surface area contributed by atoms with Crippen LogP contribution in [0.1, 0.15) is 19.2 Å². The second-order valence-electron chi connectivity index (χ2n) is 3.70. The Morgan fingerprint density at radius 2 is 2.06 bits per heavy atom. The number of hydrogen-bond acceptors (Lipinski definition) is 2. The lowest BCUT2D eigenvalue weighted by atomic mass is 10.2. The van der Waals surface area contributed by atoms with E-state index in [2.05, 4.69) is 10.2 Å². The topological polar surface area (TPSA) is 30.7 Å². The number of aromatic nitrogens is 3. The summed E-state index contributed by atoms with van der Waals surface area (Å²) in [5.74, 6) is 1.20. The smallest absolute Gasteiger partial charge is 0.166 e. The monoisotopic (exact) mass is 253 g/mol.